The van der Waals surface area contributed by atoms with Gasteiger partial charge in [-0.15, -0.1) is 0 Å². The van der Waals surface area contributed by atoms with Gasteiger partial charge in [-0.05, 0) is 24.8 Å². The summed E-state index contributed by atoms with van der Waals surface area (Å²) in [7, 11) is 1.37. The number of allylic oxidation sites excluding steroid dienone is 1. The molecule has 0 amide bonds. The molecule has 132 valence electrons. The van der Waals surface area contributed by atoms with Crippen molar-refractivity contribution < 1.29 is 14.3 Å². The van der Waals surface area contributed by atoms with Gasteiger partial charge in [-0.3, -0.25) is 9.59 Å². The van der Waals surface area contributed by atoms with E-state index in [-0.39, 0.29) is 18.2 Å². The van der Waals surface area contributed by atoms with Crippen LogP contribution in [0.25, 0.3) is 6.08 Å². The van der Waals surface area contributed by atoms with E-state index in [1.54, 1.807) is 0 Å². The zero-order valence-corrected chi connectivity index (χ0v) is 15.1. The lowest BCUT2D eigenvalue weighted by atomic mass is 9.99. The topological polar surface area (TPSA) is 43.4 Å². The van der Waals surface area contributed by atoms with E-state index in [2.05, 4.69) is 17.7 Å². The van der Waals surface area contributed by atoms with Crippen molar-refractivity contribution in [1.82, 2.24) is 0 Å². The van der Waals surface area contributed by atoms with Crippen molar-refractivity contribution in [3.8, 4) is 0 Å². The van der Waals surface area contributed by atoms with Gasteiger partial charge in [0, 0.05) is 18.4 Å². The van der Waals surface area contributed by atoms with E-state index in [1.807, 2.05) is 30.3 Å². The number of ether oxygens (including phenoxy) is 1. The molecule has 0 radical (unpaired) electrons. The molecule has 0 heterocycles. The highest BCUT2D eigenvalue weighted by Gasteiger charge is 2.10. The van der Waals surface area contributed by atoms with E-state index >= 15 is 0 Å². The van der Waals surface area contributed by atoms with Crippen molar-refractivity contribution in [3.63, 3.8) is 0 Å². The summed E-state index contributed by atoms with van der Waals surface area (Å²) < 4.78 is 4.60. The Morgan fingerprint density at radius 2 is 1.75 bits per heavy atom. The van der Waals surface area contributed by atoms with Crippen molar-refractivity contribution >= 4 is 17.8 Å². The highest BCUT2D eigenvalue weighted by Crippen LogP contribution is 2.16. The standard InChI is InChI=1S/C21H30O3/c1-3-4-5-6-7-8-9-13-18-14-10-11-15-19(18)20(22)16-12-17-21(23)24-2/h9-11,13-15H,3-8,12,16-17H2,1-2H3/b13-9+. The van der Waals surface area contributed by atoms with E-state index in [4.69, 9.17) is 0 Å². The van der Waals surface area contributed by atoms with Crippen LogP contribution < -0.4 is 0 Å². The number of hydrogen-bond acceptors (Lipinski definition) is 3. The average Bonchev–Trinajstić information content (AvgIpc) is 2.61. The molecule has 1 rings (SSSR count). The summed E-state index contributed by atoms with van der Waals surface area (Å²) in [5.74, 6) is -0.179. The minimum Gasteiger partial charge on any atom is -0.469 e. The van der Waals surface area contributed by atoms with Crippen molar-refractivity contribution in [2.45, 2.75) is 64.7 Å². The molecule has 0 aromatic heterocycles. The SMILES string of the molecule is CCCCCCC/C=C/c1ccccc1C(=O)CCCC(=O)OC. The van der Waals surface area contributed by atoms with Crippen LogP contribution in [0, 0.1) is 0 Å². The molecule has 0 saturated heterocycles. The van der Waals surface area contributed by atoms with Crippen molar-refractivity contribution in [2.75, 3.05) is 7.11 Å². The Labute approximate surface area is 146 Å². The Balaban J connectivity index is 2.48. The summed E-state index contributed by atoms with van der Waals surface area (Å²) in [5.41, 5.74) is 1.71. The molecular formula is C21H30O3. The number of carbonyl (C=O) groups excluding carboxylic acids is 2. The summed E-state index contributed by atoms with van der Waals surface area (Å²) >= 11 is 0. The summed E-state index contributed by atoms with van der Waals surface area (Å²) in [6.07, 6.45) is 12.8. The average molecular weight is 330 g/mol. The Morgan fingerprint density at radius 3 is 2.50 bits per heavy atom. The van der Waals surface area contributed by atoms with Crippen LogP contribution in [0.15, 0.2) is 30.3 Å². The molecule has 0 spiro atoms. The zero-order chi connectivity index (χ0) is 17.6. The Hall–Kier alpha value is -1.90. The van der Waals surface area contributed by atoms with Crippen LogP contribution >= 0.6 is 0 Å². The fourth-order valence-corrected chi connectivity index (χ4v) is 2.60. The zero-order valence-electron chi connectivity index (χ0n) is 15.1. The number of Topliss-reactive ketones (excluding diaryl/α,β-unsaturated/α-hetero) is 1. The lowest BCUT2D eigenvalue weighted by Crippen LogP contribution is -2.05. The summed E-state index contributed by atoms with van der Waals surface area (Å²) in [4.78, 5) is 23.5. The third kappa shape index (κ3) is 8.09. The minimum absolute atomic E-state index is 0.0853. The minimum atomic E-state index is -0.265. The molecule has 1 aromatic carbocycles. The quantitative estimate of drug-likeness (QED) is 0.285. The second-order valence-electron chi connectivity index (χ2n) is 6.05. The van der Waals surface area contributed by atoms with Crippen LogP contribution in [-0.4, -0.2) is 18.9 Å². The molecule has 24 heavy (non-hydrogen) atoms. The number of unbranched alkanes of at least 4 members (excludes halogenated alkanes) is 5. The van der Waals surface area contributed by atoms with E-state index < -0.39 is 0 Å². The van der Waals surface area contributed by atoms with Gasteiger partial charge in [-0.2, -0.15) is 0 Å². The second kappa shape index (κ2) is 12.5. The highest BCUT2D eigenvalue weighted by molar-refractivity contribution is 5.99. The summed E-state index contributed by atoms with van der Waals surface area (Å²) in [6, 6.07) is 7.67. The lowest BCUT2D eigenvalue weighted by molar-refractivity contribution is -0.140. The van der Waals surface area contributed by atoms with E-state index in [0.717, 1.165) is 17.5 Å². The molecule has 3 heteroatoms. The summed E-state index contributed by atoms with van der Waals surface area (Å²) in [5, 5.41) is 0. The number of esters is 1. The molecule has 0 saturated carbocycles. The fraction of sp³-hybridized carbons (Fsp3) is 0.524. The van der Waals surface area contributed by atoms with Crippen LogP contribution in [0.3, 0.4) is 0 Å². The highest BCUT2D eigenvalue weighted by atomic mass is 16.5. The van der Waals surface area contributed by atoms with E-state index in [1.165, 1.54) is 39.2 Å². The van der Waals surface area contributed by atoms with Gasteiger partial charge in [0.1, 0.15) is 0 Å². The molecule has 0 aliphatic carbocycles. The molecule has 1 aromatic rings. The van der Waals surface area contributed by atoms with Gasteiger partial charge >= 0.3 is 5.97 Å². The first-order chi connectivity index (χ1) is 11.7. The second-order valence-corrected chi connectivity index (χ2v) is 6.05. The van der Waals surface area contributed by atoms with Crippen LogP contribution in [0.1, 0.15) is 80.6 Å². The smallest absolute Gasteiger partial charge is 0.305 e. The molecule has 3 nitrogen and oxygen atoms in total. The maximum atomic E-state index is 12.4. The number of rotatable bonds is 12. The fourth-order valence-electron chi connectivity index (χ4n) is 2.60. The molecule has 0 N–H and O–H groups in total. The molecule has 0 aliphatic rings. The molecule has 0 bridgehead atoms. The molecule has 0 atom stereocenters. The Kier molecular flexibility index (Phi) is 10.5. The number of ketones is 1. The van der Waals surface area contributed by atoms with Crippen molar-refractivity contribution in [1.29, 1.82) is 0 Å². The van der Waals surface area contributed by atoms with Crippen LogP contribution in [0.2, 0.25) is 0 Å². The van der Waals surface area contributed by atoms with Gasteiger partial charge in [0.15, 0.2) is 5.78 Å². The van der Waals surface area contributed by atoms with Gasteiger partial charge in [0.2, 0.25) is 0 Å². The van der Waals surface area contributed by atoms with Crippen molar-refractivity contribution in [2.24, 2.45) is 0 Å². The van der Waals surface area contributed by atoms with Gasteiger partial charge < -0.3 is 4.74 Å². The van der Waals surface area contributed by atoms with Gasteiger partial charge in [-0.1, -0.05) is 69.0 Å². The maximum absolute atomic E-state index is 12.4. The van der Waals surface area contributed by atoms with Gasteiger partial charge in [0.25, 0.3) is 0 Å². The largest absolute Gasteiger partial charge is 0.469 e. The van der Waals surface area contributed by atoms with Crippen LogP contribution in [0.4, 0.5) is 0 Å². The van der Waals surface area contributed by atoms with E-state index in [0.29, 0.717) is 12.8 Å². The van der Waals surface area contributed by atoms with Gasteiger partial charge in [0.05, 0.1) is 7.11 Å². The lowest BCUT2D eigenvalue weighted by Gasteiger charge is -2.05. The van der Waals surface area contributed by atoms with E-state index in [9.17, 15) is 9.59 Å². The molecule has 0 aliphatic heterocycles. The Bertz CT molecular complexity index is 532. The molecule has 0 unspecified atom stereocenters. The Morgan fingerprint density at radius 1 is 1.00 bits per heavy atom. The van der Waals surface area contributed by atoms with Crippen LogP contribution in [0.5, 0.6) is 0 Å². The third-order valence-corrected chi connectivity index (χ3v) is 4.05. The first-order valence-electron chi connectivity index (χ1n) is 9.04. The van der Waals surface area contributed by atoms with Crippen LogP contribution in [-0.2, 0) is 9.53 Å². The molecule has 0 fully saturated rings. The van der Waals surface area contributed by atoms with Gasteiger partial charge in [-0.25, -0.2) is 0 Å². The third-order valence-electron chi connectivity index (χ3n) is 4.05. The molecular weight excluding hydrogens is 300 g/mol. The predicted molar refractivity (Wildman–Crippen MR) is 99.0 cm³/mol. The van der Waals surface area contributed by atoms with Crippen molar-refractivity contribution in [3.05, 3.63) is 41.5 Å². The first kappa shape index (κ1) is 20.1. The predicted octanol–water partition coefficient (Wildman–Crippen LogP) is 5.59. The maximum Gasteiger partial charge on any atom is 0.305 e. The first-order valence-corrected chi connectivity index (χ1v) is 9.04. The number of hydrogen-bond donors (Lipinski definition) is 0. The number of methoxy groups -OCH3 is 1. The normalized spacial score (nSPS) is 10.9. The monoisotopic (exact) mass is 330 g/mol. The number of benzene rings is 1. The number of carbonyl (C=O) groups is 2. The summed E-state index contributed by atoms with van der Waals surface area (Å²) in [6.45, 7) is 2.22.